The van der Waals surface area contributed by atoms with Crippen LogP contribution in [0, 0.1) is 11.6 Å². The number of H-pyrrole nitrogens is 1. The summed E-state index contributed by atoms with van der Waals surface area (Å²) < 4.78 is 34.9. The zero-order valence-electron chi connectivity index (χ0n) is 18.2. The molecule has 1 saturated heterocycles. The average Bonchev–Trinajstić information content (AvgIpc) is 3.51. The quantitative estimate of drug-likeness (QED) is 0.355. The predicted molar refractivity (Wildman–Crippen MR) is 126 cm³/mol. The second kappa shape index (κ2) is 8.71. The monoisotopic (exact) mass is 497 g/mol. The number of nitrogens with one attached hydrogen (secondary N) is 2. The molecule has 0 spiro atoms. The van der Waals surface area contributed by atoms with E-state index in [9.17, 15) is 8.78 Å². The van der Waals surface area contributed by atoms with Gasteiger partial charge < -0.3 is 19.9 Å². The molecule has 2 N–H and O–H groups in total. The minimum absolute atomic E-state index is 0.0526. The van der Waals surface area contributed by atoms with Crippen LogP contribution in [-0.2, 0) is 11.3 Å². The number of pyridine rings is 1. The van der Waals surface area contributed by atoms with Gasteiger partial charge in [0.05, 0.1) is 37.2 Å². The summed E-state index contributed by atoms with van der Waals surface area (Å²) in [6.45, 7) is 2.63. The van der Waals surface area contributed by atoms with E-state index in [1.54, 1.807) is 23.2 Å². The highest BCUT2D eigenvalue weighted by Gasteiger charge is 2.20. The molecule has 5 heterocycles. The van der Waals surface area contributed by atoms with Crippen molar-refractivity contribution in [3.05, 3.63) is 59.4 Å². The lowest BCUT2D eigenvalue weighted by molar-refractivity contribution is 0.122. The van der Waals surface area contributed by atoms with Crippen LogP contribution in [0.3, 0.4) is 0 Å². The third-order valence-corrected chi connectivity index (χ3v) is 5.91. The van der Waals surface area contributed by atoms with Gasteiger partial charge in [0.15, 0.2) is 28.6 Å². The minimum atomic E-state index is -0.987. The van der Waals surface area contributed by atoms with Crippen molar-refractivity contribution >= 4 is 45.6 Å². The molecule has 5 aromatic rings. The van der Waals surface area contributed by atoms with Crippen LogP contribution in [0.4, 0.5) is 20.5 Å². The molecule has 6 rings (SSSR count). The first-order chi connectivity index (χ1) is 17.1. The number of rotatable bonds is 5. The number of hydrogen-bond donors (Lipinski definition) is 2. The van der Waals surface area contributed by atoms with Crippen molar-refractivity contribution < 1.29 is 13.5 Å². The van der Waals surface area contributed by atoms with E-state index < -0.39 is 11.6 Å². The van der Waals surface area contributed by atoms with Crippen molar-refractivity contribution in [2.45, 2.75) is 6.54 Å². The molecule has 13 heteroatoms. The highest BCUT2D eigenvalue weighted by molar-refractivity contribution is 6.29. The highest BCUT2D eigenvalue weighted by atomic mass is 35.5. The van der Waals surface area contributed by atoms with Gasteiger partial charge in [-0.15, -0.1) is 0 Å². The molecule has 1 aliphatic heterocycles. The fraction of sp³-hybridized carbons (Fsp3) is 0.227. The minimum Gasteiger partial charge on any atom is -0.378 e. The zero-order valence-corrected chi connectivity index (χ0v) is 18.9. The van der Waals surface area contributed by atoms with Crippen LogP contribution in [0.15, 0.2) is 36.8 Å². The van der Waals surface area contributed by atoms with Crippen molar-refractivity contribution in [2.24, 2.45) is 0 Å². The van der Waals surface area contributed by atoms with Gasteiger partial charge in [-0.3, -0.25) is 4.57 Å². The van der Waals surface area contributed by atoms with Crippen molar-refractivity contribution in [1.29, 1.82) is 0 Å². The van der Waals surface area contributed by atoms with Gasteiger partial charge in [-0.25, -0.2) is 23.7 Å². The topological polar surface area (TPSA) is 110 Å². The van der Waals surface area contributed by atoms with Gasteiger partial charge in [-0.1, -0.05) is 11.6 Å². The van der Waals surface area contributed by atoms with Gasteiger partial charge in [-0.2, -0.15) is 9.97 Å². The second-order valence-electron chi connectivity index (χ2n) is 7.89. The standard InChI is InChI=1S/C22H18ClF2N9O/c23-15-4-1-12(9-26-15)34-11-28-19-20(31-22(32-21(19)34)33-5-7-35-8-6-33)27-10-16-29-14-3-2-13(24)17(25)18(14)30-16/h1-4,9,11H,5-8,10H2,(H,29,30)(H,27,31,32). The van der Waals surface area contributed by atoms with Gasteiger partial charge in [0.25, 0.3) is 0 Å². The number of nitrogens with zero attached hydrogens (tertiary/aromatic N) is 7. The Morgan fingerprint density at radius 1 is 1.03 bits per heavy atom. The number of morpholine rings is 1. The lowest BCUT2D eigenvalue weighted by Crippen LogP contribution is -2.37. The first-order valence-electron chi connectivity index (χ1n) is 10.8. The Bertz CT molecular complexity index is 1530. The molecule has 1 aliphatic rings. The van der Waals surface area contributed by atoms with E-state index in [0.717, 1.165) is 11.8 Å². The zero-order chi connectivity index (χ0) is 23.9. The maximum atomic E-state index is 14.1. The summed E-state index contributed by atoms with van der Waals surface area (Å²) in [5, 5.41) is 3.60. The molecule has 4 aromatic heterocycles. The van der Waals surface area contributed by atoms with E-state index >= 15 is 0 Å². The fourth-order valence-electron chi connectivity index (χ4n) is 3.94. The highest BCUT2D eigenvalue weighted by Crippen LogP contribution is 2.26. The van der Waals surface area contributed by atoms with E-state index in [4.69, 9.17) is 26.3 Å². The number of imidazole rings is 2. The Labute approximate surface area is 202 Å². The lowest BCUT2D eigenvalue weighted by Gasteiger charge is -2.27. The molecular weight excluding hydrogens is 480 g/mol. The van der Waals surface area contributed by atoms with E-state index in [0.29, 0.717) is 65.7 Å². The average molecular weight is 498 g/mol. The summed E-state index contributed by atoms with van der Waals surface area (Å²) in [6.07, 6.45) is 3.27. The molecule has 0 aliphatic carbocycles. The Balaban J connectivity index is 1.39. The molecule has 0 atom stereocenters. The third kappa shape index (κ3) is 4.00. The van der Waals surface area contributed by atoms with Crippen LogP contribution >= 0.6 is 11.6 Å². The number of benzene rings is 1. The number of halogens is 3. The van der Waals surface area contributed by atoms with Crippen molar-refractivity contribution in [3.8, 4) is 5.69 Å². The van der Waals surface area contributed by atoms with E-state index in [-0.39, 0.29) is 12.1 Å². The predicted octanol–water partition coefficient (Wildman–Crippen LogP) is 3.47. The van der Waals surface area contributed by atoms with Crippen LogP contribution in [-0.4, -0.2) is 60.8 Å². The summed E-state index contributed by atoms with van der Waals surface area (Å²) >= 11 is 5.95. The maximum Gasteiger partial charge on any atom is 0.229 e. The molecule has 35 heavy (non-hydrogen) atoms. The number of anilines is 2. The Hall–Kier alpha value is -3.90. The molecular formula is C22H18ClF2N9O. The van der Waals surface area contributed by atoms with E-state index in [1.165, 1.54) is 6.07 Å². The molecule has 1 fully saturated rings. The molecule has 0 amide bonds. The SMILES string of the molecule is Fc1ccc2[nH]c(CNc3nc(N4CCOCC4)nc4c3ncn4-c3ccc(Cl)nc3)nc2c1F. The first kappa shape index (κ1) is 21.6. The number of aromatic nitrogens is 7. The molecule has 0 radical (unpaired) electrons. The van der Waals surface area contributed by atoms with Crippen LogP contribution in [0.5, 0.6) is 0 Å². The molecule has 10 nitrogen and oxygen atoms in total. The van der Waals surface area contributed by atoms with Crippen molar-refractivity contribution in [2.75, 3.05) is 36.5 Å². The molecule has 178 valence electrons. The number of aromatic amines is 1. The largest absolute Gasteiger partial charge is 0.378 e. The first-order valence-corrected chi connectivity index (χ1v) is 11.2. The fourth-order valence-corrected chi connectivity index (χ4v) is 4.05. The summed E-state index contributed by atoms with van der Waals surface area (Å²) in [7, 11) is 0. The molecule has 0 unspecified atom stereocenters. The summed E-state index contributed by atoms with van der Waals surface area (Å²) in [4.78, 5) is 27.4. The molecule has 1 aromatic carbocycles. The second-order valence-corrected chi connectivity index (χ2v) is 8.28. The van der Waals surface area contributed by atoms with Crippen LogP contribution in [0.2, 0.25) is 5.15 Å². The smallest absolute Gasteiger partial charge is 0.229 e. The Kier molecular flexibility index (Phi) is 5.38. The van der Waals surface area contributed by atoms with Crippen LogP contribution < -0.4 is 10.2 Å². The van der Waals surface area contributed by atoms with Crippen molar-refractivity contribution in [3.63, 3.8) is 0 Å². The molecule has 0 bridgehead atoms. The normalized spacial score (nSPS) is 14.2. The van der Waals surface area contributed by atoms with Crippen LogP contribution in [0.25, 0.3) is 27.9 Å². The van der Waals surface area contributed by atoms with Gasteiger partial charge in [0.2, 0.25) is 5.95 Å². The van der Waals surface area contributed by atoms with Crippen molar-refractivity contribution in [1.82, 2.24) is 34.5 Å². The van der Waals surface area contributed by atoms with Gasteiger partial charge >= 0.3 is 0 Å². The number of ether oxygens (including phenoxy) is 1. The Morgan fingerprint density at radius 2 is 1.89 bits per heavy atom. The number of fused-ring (bicyclic) bond motifs is 2. The molecule has 0 saturated carbocycles. The van der Waals surface area contributed by atoms with Gasteiger partial charge in [0, 0.05) is 13.1 Å². The lowest BCUT2D eigenvalue weighted by atomic mass is 10.3. The summed E-state index contributed by atoms with van der Waals surface area (Å²) in [5.41, 5.74) is 2.20. The van der Waals surface area contributed by atoms with Gasteiger partial charge in [0.1, 0.15) is 22.8 Å². The summed E-state index contributed by atoms with van der Waals surface area (Å²) in [5.74, 6) is -0.516. The maximum absolute atomic E-state index is 14.1. The van der Waals surface area contributed by atoms with E-state index in [2.05, 4.69) is 25.3 Å². The van der Waals surface area contributed by atoms with E-state index in [1.807, 2.05) is 11.0 Å². The third-order valence-electron chi connectivity index (χ3n) is 5.69. The number of hydrogen-bond acceptors (Lipinski definition) is 8. The van der Waals surface area contributed by atoms with Crippen LogP contribution in [0.1, 0.15) is 5.82 Å². The van der Waals surface area contributed by atoms with Gasteiger partial charge in [-0.05, 0) is 24.3 Å². The Morgan fingerprint density at radius 3 is 2.69 bits per heavy atom. The summed E-state index contributed by atoms with van der Waals surface area (Å²) in [6, 6.07) is 6.02.